The first-order valence-electron chi connectivity index (χ1n) is 11.1. The summed E-state index contributed by atoms with van der Waals surface area (Å²) in [5, 5.41) is 16.3. The molecule has 3 rings (SSSR count). The number of hydrogen-bond acceptors (Lipinski definition) is 7. The minimum atomic E-state index is -0.551. The fourth-order valence-corrected chi connectivity index (χ4v) is 4.23. The molecule has 0 saturated carbocycles. The van der Waals surface area contributed by atoms with Gasteiger partial charge >= 0.3 is 0 Å². The highest BCUT2D eigenvalue weighted by atomic mass is 35.5. The van der Waals surface area contributed by atoms with E-state index in [1.807, 2.05) is 26.8 Å². The fourth-order valence-electron chi connectivity index (χ4n) is 3.85. The van der Waals surface area contributed by atoms with Crippen LogP contribution in [-0.2, 0) is 4.79 Å². The number of amidine groups is 1. The quantitative estimate of drug-likeness (QED) is 0.207. The van der Waals surface area contributed by atoms with Crippen molar-refractivity contribution in [1.82, 2.24) is 14.9 Å². The Morgan fingerprint density at radius 3 is 2.63 bits per heavy atom. The third-order valence-electron chi connectivity index (χ3n) is 5.71. The van der Waals surface area contributed by atoms with Crippen molar-refractivity contribution in [3.63, 3.8) is 0 Å². The Hall–Kier alpha value is -3.30. The highest BCUT2D eigenvalue weighted by Crippen LogP contribution is 2.39. The molecule has 8 nitrogen and oxygen atoms in total. The number of rotatable bonds is 8. The molecule has 0 unspecified atom stereocenters. The summed E-state index contributed by atoms with van der Waals surface area (Å²) < 4.78 is 20.6. The monoisotopic (exact) mass is 501 g/mol. The van der Waals surface area contributed by atoms with Crippen LogP contribution >= 0.6 is 11.6 Å². The summed E-state index contributed by atoms with van der Waals surface area (Å²) in [6, 6.07) is 4.97. The molecule has 0 saturated heterocycles. The molecule has 0 spiro atoms. The van der Waals surface area contributed by atoms with Gasteiger partial charge in [0.2, 0.25) is 12.3 Å². The molecule has 2 aromatic heterocycles. The van der Waals surface area contributed by atoms with Crippen molar-refractivity contribution in [3.05, 3.63) is 46.4 Å². The molecule has 186 valence electrons. The number of hydrogen-bond donors (Lipinski definition) is 1. The molecule has 0 radical (unpaired) electrons. The van der Waals surface area contributed by atoms with E-state index >= 15 is 4.39 Å². The Balaban J connectivity index is 2.22. The molecule has 0 bridgehead atoms. The first kappa shape index (κ1) is 26.3. The molecule has 0 aliphatic carbocycles. The Bertz CT molecular complexity index is 1280. The number of aryl methyl sites for hydroxylation is 1. The summed E-state index contributed by atoms with van der Waals surface area (Å²) in [5.41, 5.74) is 3.67. The van der Waals surface area contributed by atoms with Gasteiger partial charge in [-0.25, -0.2) is 14.4 Å². The zero-order valence-corrected chi connectivity index (χ0v) is 21.4. The number of hydrazone groups is 1. The van der Waals surface area contributed by atoms with Crippen molar-refractivity contribution in [3.8, 4) is 17.1 Å². The van der Waals surface area contributed by atoms with E-state index in [0.29, 0.717) is 34.8 Å². The van der Waals surface area contributed by atoms with E-state index in [1.54, 1.807) is 26.2 Å². The third-order valence-corrected chi connectivity index (χ3v) is 6.06. The highest BCUT2D eigenvalue weighted by molar-refractivity contribution is 6.34. The summed E-state index contributed by atoms with van der Waals surface area (Å²) in [7, 11) is 3.05. The lowest BCUT2D eigenvalue weighted by Gasteiger charge is -2.22. The zero-order chi connectivity index (χ0) is 25.9. The Kier molecular flexibility index (Phi) is 8.24. The number of carbonyl (C=O) groups excluding carboxylic acids is 1. The van der Waals surface area contributed by atoms with E-state index in [1.165, 1.54) is 23.1 Å². The second-order valence-corrected chi connectivity index (χ2v) is 8.68. The number of aliphatic hydroxyl groups is 1. The van der Waals surface area contributed by atoms with E-state index < -0.39 is 12.4 Å². The number of pyridine rings is 2. The molecule has 3 aromatic rings. The first-order chi connectivity index (χ1) is 16.7. The average molecular weight is 502 g/mol. The number of aromatic nitrogens is 2. The van der Waals surface area contributed by atoms with Gasteiger partial charge < -0.3 is 9.84 Å². The molecule has 35 heavy (non-hydrogen) atoms. The van der Waals surface area contributed by atoms with Crippen LogP contribution < -0.4 is 9.75 Å². The van der Waals surface area contributed by atoms with Crippen LogP contribution in [0, 0.1) is 12.7 Å². The van der Waals surface area contributed by atoms with Gasteiger partial charge in [0.15, 0.2) is 11.7 Å². The van der Waals surface area contributed by atoms with Crippen molar-refractivity contribution in [2.24, 2.45) is 5.10 Å². The summed E-state index contributed by atoms with van der Waals surface area (Å²) >= 11 is 6.57. The number of likely N-dealkylation sites (N-methyl/N-ethyl adjacent to an activating group) is 1. The zero-order valence-electron chi connectivity index (χ0n) is 20.6. The second kappa shape index (κ2) is 11.0. The summed E-state index contributed by atoms with van der Waals surface area (Å²) in [5.74, 6) is -0.0614. The van der Waals surface area contributed by atoms with Crippen LogP contribution in [0.1, 0.15) is 37.8 Å². The van der Waals surface area contributed by atoms with Gasteiger partial charge in [-0.1, -0.05) is 25.4 Å². The lowest BCUT2D eigenvalue weighted by atomic mass is 9.95. The number of carbonyl (C=O) groups is 1. The van der Waals surface area contributed by atoms with Gasteiger partial charge in [0.1, 0.15) is 11.6 Å². The molecule has 2 heterocycles. The number of fused-ring (bicyclic) bond motifs is 1. The minimum Gasteiger partial charge on any atom is -0.480 e. The van der Waals surface area contributed by atoms with E-state index in [-0.39, 0.29) is 23.3 Å². The highest BCUT2D eigenvalue weighted by Gasteiger charge is 2.20. The van der Waals surface area contributed by atoms with Crippen molar-refractivity contribution in [1.29, 1.82) is 0 Å². The number of benzene rings is 1. The molecule has 0 aliphatic rings. The Morgan fingerprint density at radius 1 is 1.34 bits per heavy atom. The molecule has 1 amide bonds. The summed E-state index contributed by atoms with van der Waals surface area (Å²) in [4.78, 5) is 21.4. The van der Waals surface area contributed by atoms with E-state index in [0.717, 1.165) is 16.5 Å². The van der Waals surface area contributed by atoms with Gasteiger partial charge in [-0.3, -0.25) is 14.7 Å². The number of aliphatic hydroxyl groups excluding tert-OH is 1. The molecule has 0 aliphatic heterocycles. The van der Waals surface area contributed by atoms with Crippen LogP contribution in [0.3, 0.4) is 0 Å². The smallest absolute Gasteiger partial charge is 0.232 e. The predicted octanol–water partition coefficient (Wildman–Crippen LogP) is 4.75. The maximum absolute atomic E-state index is 15.3. The van der Waals surface area contributed by atoms with Crippen LogP contribution in [0.5, 0.6) is 5.88 Å². The third kappa shape index (κ3) is 5.21. The van der Waals surface area contributed by atoms with Crippen LogP contribution in [-0.4, -0.2) is 59.5 Å². The normalized spacial score (nSPS) is 11.8. The van der Waals surface area contributed by atoms with Gasteiger partial charge in [0, 0.05) is 36.8 Å². The maximum Gasteiger partial charge on any atom is 0.232 e. The number of ether oxygens (including phenoxy) is 1. The molecule has 1 aromatic carbocycles. The Morgan fingerprint density at radius 2 is 2.06 bits per heavy atom. The fraction of sp³-hybridized carbons (Fsp3) is 0.360. The van der Waals surface area contributed by atoms with Crippen molar-refractivity contribution < 1.29 is 19.0 Å². The van der Waals surface area contributed by atoms with Crippen LogP contribution in [0.2, 0.25) is 5.02 Å². The molecule has 1 N–H and O–H groups in total. The summed E-state index contributed by atoms with van der Waals surface area (Å²) in [6.45, 7) is 7.56. The number of amides is 1. The van der Waals surface area contributed by atoms with Crippen molar-refractivity contribution in [2.75, 3.05) is 32.3 Å². The first-order valence-corrected chi connectivity index (χ1v) is 11.5. The maximum atomic E-state index is 15.3. The van der Waals surface area contributed by atoms with Gasteiger partial charge in [-0.2, -0.15) is 5.10 Å². The molecule has 10 heteroatoms. The average Bonchev–Trinajstić information content (AvgIpc) is 2.83. The van der Waals surface area contributed by atoms with Crippen LogP contribution in [0.25, 0.3) is 22.2 Å². The predicted molar refractivity (Wildman–Crippen MR) is 137 cm³/mol. The van der Waals surface area contributed by atoms with Crippen molar-refractivity contribution in [2.45, 2.75) is 33.6 Å². The van der Waals surface area contributed by atoms with Gasteiger partial charge in [-0.05, 0) is 43.0 Å². The second-order valence-electron chi connectivity index (χ2n) is 8.30. The summed E-state index contributed by atoms with van der Waals surface area (Å²) in [6.07, 6.45) is 2.23. The number of anilines is 1. The molecular weight excluding hydrogens is 473 g/mol. The topological polar surface area (TPSA) is 91.2 Å². The van der Waals surface area contributed by atoms with Gasteiger partial charge in [0.25, 0.3) is 0 Å². The van der Waals surface area contributed by atoms with E-state index in [9.17, 15) is 9.90 Å². The largest absolute Gasteiger partial charge is 0.480 e. The molecule has 0 atom stereocenters. The number of nitrogens with zero attached hydrogens (tertiary/aromatic N) is 5. The lowest BCUT2D eigenvalue weighted by molar-refractivity contribution is -0.114. The minimum absolute atomic E-state index is 0.0906. The number of methoxy groups -OCH3 is 1. The van der Waals surface area contributed by atoms with Crippen molar-refractivity contribution >= 4 is 40.4 Å². The van der Waals surface area contributed by atoms with E-state index in [4.69, 9.17) is 21.3 Å². The number of halogens is 2. The lowest BCUT2D eigenvalue weighted by Crippen LogP contribution is -2.34. The SMILES string of the molecule is CCN(C=O)/C(CO)=N\N(C)c1cc2c(C(C)C)cc(-c3c(C)cnc(OC)c3Cl)nc2cc1F. The Labute approximate surface area is 209 Å². The molecular formula is C25H29ClFN5O3. The standard InChI is InChI=1S/C25H29ClFN5O3/c1-7-32(13-34)22(12-33)30-31(5)21-9-17-16(14(2)3)8-20(29-19(17)10-18(21)27)23-15(4)11-28-25(35-6)24(23)26/h8-11,13-14,33H,7,12H2,1-6H3/b30-22-. The van der Waals surface area contributed by atoms with Gasteiger partial charge in [0.05, 0.1) is 24.0 Å². The van der Waals surface area contributed by atoms with E-state index in [2.05, 4.69) is 10.1 Å². The van der Waals surface area contributed by atoms with Crippen LogP contribution in [0.4, 0.5) is 10.1 Å². The van der Waals surface area contributed by atoms with Gasteiger partial charge in [-0.15, -0.1) is 0 Å². The molecule has 0 fully saturated rings. The van der Waals surface area contributed by atoms with Crippen LogP contribution in [0.15, 0.2) is 29.5 Å².